The topological polar surface area (TPSA) is 101 Å². The minimum atomic E-state index is -3.45. The van der Waals surface area contributed by atoms with E-state index in [1.807, 2.05) is 6.92 Å². The Hall–Kier alpha value is -2.67. The maximum Gasteiger partial charge on any atom is 0.306 e. The van der Waals surface area contributed by atoms with Crippen molar-refractivity contribution in [3.8, 4) is 0 Å². The number of aliphatic carboxylic acids is 1. The van der Waals surface area contributed by atoms with Crippen molar-refractivity contribution in [3.63, 3.8) is 0 Å². The molecule has 1 saturated carbocycles. The smallest absolute Gasteiger partial charge is 0.306 e. The number of aryl methyl sites for hydroxylation is 1. The fourth-order valence-electron chi connectivity index (χ4n) is 3.01. The van der Waals surface area contributed by atoms with Crippen LogP contribution in [0.5, 0.6) is 0 Å². The third-order valence-electron chi connectivity index (χ3n) is 4.78. The van der Waals surface area contributed by atoms with Crippen molar-refractivity contribution in [2.24, 2.45) is 5.92 Å². The molecule has 1 amide bonds. The highest BCUT2D eigenvalue weighted by molar-refractivity contribution is 7.90. The van der Waals surface area contributed by atoms with E-state index in [0.29, 0.717) is 24.0 Å². The van der Waals surface area contributed by atoms with E-state index in [0.717, 1.165) is 5.56 Å². The highest BCUT2D eigenvalue weighted by atomic mass is 32.2. The number of nitrogens with one attached hydrogen (secondary N) is 1. The molecule has 2 N–H and O–H groups in total. The van der Waals surface area contributed by atoms with Crippen LogP contribution in [-0.4, -0.2) is 31.4 Å². The number of carboxylic acid groups (broad SMARTS) is 1. The average molecular weight is 387 g/mol. The molecule has 1 aliphatic carbocycles. The Kier molecular flexibility index (Phi) is 5.32. The van der Waals surface area contributed by atoms with Crippen LogP contribution >= 0.6 is 0 Å². The molecule has 0 bridgehead atoms. The number of carbonyl (C=O) groups is 2. The molecular formula is C20H21NO5S. The van der Waals surface area contributed by atoms with Gasteiger partial charge in [0.2, 0.25) is 0 Å². The molecule has 0 aliphatic heterocycles. The van der Waals surface area contributed by atoms with E-state index < -0.39 is 15.8 Å². The van der Waals surface area contributed by atoms with Gasteiger partial charge in [0.15, 0.2) is 9.84 Å². The van der Waals surface area contributed by atoms with E-state index in [2.05, 4.69) is 5.32 Å². The summed E-state index contributed by atoms with van der Waals surface area (Å²) in [5, 5.41) is 11.7. The second kappa shape index (κ2) is 7.52. The molecule has 0 heterocycles. The molecule has 0 saturated heterocycles. The quantitative estimate of drug-likeness (QED) is 0.793. The molecule has 1 aliphatic rings. The number of amides is 1. The van der Waals surface area contributed by atoms with Crippen molar-refractivity contribution in [1.29, 1.82) is 0 Å². The summed E-state index contributed by atoms with van der Waals surface area (Å²) in [6.07, 6.45) is 0.877. The second-order valence-electron chi connectivity index (χ2n) is 6.95. The van der Waals surface area contributed by atoms with Crippen molar-refractivity contribution in [3.05, 3.63) is 65.2 Å². The maximum absolute atomic E-state index is 12.5. The van der Waals surface area contributed by atoms with Crippen LogP contribution in [0.2, 0.25) is 0 Å². The highest BCUT2D eigenvalue weighted by Crippen LogP contribution is 2.27. The van der Waals surface area contributed by atoms with E-state index in [1.54, 1.807) is 48.5 Å². The lowest BCUT2D eigenvalue weighted by Gasteiger charge is -2.32. The molecule has 0 aromatic heterocycles. The molecule has 6 nitrogen and oxygen atoms in total. The molecule has 2 aromatic rings. The van der Waals surface area contributed by atoms with Crippen LogP contribution in [0.4, 0.5) is 0 Å². The normalized spacial score (nSPS) is 19.1. The summed E-state index contributed by atoms with van der Waals surface area (Å²) in [7, 11) is -3.45. The first-order chi connectivity index (χ1) is 12.7. The van der Waals surface area contributed by atoms with Gasteiger partial charge in [-0.3, -0.25) is 9.59 Å². The Morgan fingerprint density at radius 3 is 2.19 bits per heavy atom. The van der Waals surface area contributed by atoms with E-state index >= 15 is 0 Å². The predicted molar refractivity (Wildman–Crippen MR) is 100 cm³/mol. The molecule has 0 radical (unpaired) electrons. The van der Waals surface area contributed by atoms with Gasteiger partial charge in [-0.15, -0.1) is 0 Å². The fourth-order valence-corrected chi connectivity index (χ4v) is 4.36. The summed E-state index contributed by atoms with van der Waals surface area (Å²) in [5.74, 6) is -1.64. The zero-order valence-corrected chi connectivity index (χ0v) is 15.7. The van der Waals surface area contributed by atoms with Crippen molar-refractivity contribution < 1.29 is 23.1 Å². The molecule has 0 atom stereocenters. The Balaban J connectivity index is 1.61. The monoisotopic (exact) mass is 387 g/mol. The third kappa shape index (κ3) is 4.54. The SMILES string of the molecule is Cc1ccc(S(=O)(=O)Cc2ccc(C(=O)NC3CC(C(=O)O)C3)cc2)cc1. The number of sulfone groups is 1. The van der Waals surface area contributed by atoms with Crippen LogP contribution in [0.15, 0.2) is 53.4 Å². The van der Waals surface area contributed by atoms with Gasteiger partial charge in [0.25, 0.3) is 5.91 Å². The van der Waals surface area contributed by atoms with Gasteiger partial charge in [0.1, 0.15) is 0 Å². The van der Waals surface area contributed by atoms with Gasteiger partial charge in [-0.2, -0.15) is 0 Å². The zero-order valence-electron chi connectivity index (χ0n) is 14.9. The second-order valence-corrected chi connectivity index (χ2v) is 8.94. The third-order valence-corrected chi connectivity index (χ3v) is 6.48. The van der Waals surface area contributed by atoms with Gasteiger partial charge < -0.3 is 10.4 Å². The van der Waals surface area contributed by atoms with E-state index in [1.165, 1.54) is 0 Å². The van der Waals surface area contributed by atoms with Crippen LogP contribution in [0.25, 0.3) is 0 Å². The van der Waals surface area contributed by atoms with E-state index in [9.17, 15) is 18.0 Å². The zero-order chi connectivity index (χ0) is 19.6. The summed E-state index contributed by atoms with van der Waals surface area (Å²) in [5.41, 5.74) is 2.01. The molecule has 1 fully saturated rings. The average Bonchev–Trinajstić information content (AvgIpc) is 2.58. The summed E-state index contributed by atoms with van der Waals surface area (Å²) in [6.45, 7) is 1.89. The van der Waals surface area contributed by atoms with Crippen molar-refractivity contribution in [2.45, 2.75) is 36.5 Å². The number of carboxylic acids is 1. The summed E-state index contributed by atoms with van der Waals surface area (Å²) >= 11 is 0. The molecule has 27 heavy (non-hydrogen) atoms. The highest BCUT2D eigenvalue weighted by Gasteiger charge is 2.35. The van der Waals surface area contributed by atoms with Crippen LogP contribution in [0, 0.1) is 12.8 Å². The molecule has 0 unspecified atom stereocenters. The van der Waals surface area contributed by atoms with Gasteiger partial charge in [-0.05, 0) is 49.6 Å². The minimum absolute atomic E-state index is 0.125. The van der Waals surface area contributed by atoms with E-state index in [-0.39, 0.29) is 28.5 Å². The number of carbonyl (C=O) groups excluding carboxylic acids is 1. The van der Waals surface area contributed by atoms with Crippen molar-refractivity contribution in [2.75, 3.05) is 0 Å². The first-order valence-electron chi connectivity index (χ1n) is 8.66. The summed E-state index contributed by atoms with van der Waals surface area (Å²) < 4.78 is 25.0. The van der Waals surface area contributed by atoms with Gasteiger partial charge in [-0.25, -0.2) is 8.42 Å². The Bertz CT molecular complexity index is 943. The van der Waals surface area contributed by atoms with Crippen molar-refractivity contribution in [1.82, 2.24) is 5.32 Å². The van der Waals surface area contributed by atoms with E-state index in [4.69, 9.17) is 5.11 Å². The fraction of sp³-hybridized carbons (Fsp3) is 0.300. The van der Waals surface area contributed by atoms with Crippen LogP contribution in [0.1, 0.15) is 34.3 Å². The first kappa shape index (κ1) is 19.1. The van der Waals surface area contributed by atoms with Crippen molar-refractivity contribution >= 4 is 21.7 Å². The first-order valence-corrected chi connectivity index (χ1v) is 10.3. The number of benzene rings is 2. The largest absolute Gasteiger partial charge is 0.481 e. The molecular weight excluding hydrogens is 366 g/mol. The van der Waals surface area contributed by atoms with Gasteiger partial charge in [-0.1, -0.05) is 29.8 Å². The Morgan fingerprint density at radius 2 is 1.63 bits per heavy atom. The molecule has 2 aromatic carbocycles. The van der Waals surface area contributed by atoms with Gasteiger partial charge >= 0.3 is 5.97 Å². The lowest BCUT2D eigenvalue weighted by molar-refractivity contribution is -0.145. The molecule has 0 spiro atoms. The minimum Gasteiger partial charge on any atom is -0.481 e. The van der Waals surface area contributed by atoms with Crippen LogP contribution in [0.3, 0.4) is 0 Å². The van der Waals surface area contributed by atoms with Gasteiger partial charge in [0.05, 0.1) is 16.6 Å². The molecule has 142 valence electrons. The summed E-state index contributed by atoms with van der Waals surface area (Å²) in [6, 6.07) is 13.0. The Labute approximate surface area is 158 Å². The number of rotatable bonds is 6. The Morgan fingerprint density at radius 1 is 1.04 bits per heavy atom. The van der Waals surface area contributed by atoms with Crippen LogP contribution in [-0.2, 0) is 20.4 Å². The lowest BCUT2D eigenvalue weighted by atomic mass is 9.80. The molecule has 3 rings (SSSR count). The lowest BCUT2D eigenvalue weighted by Crippen LogP contribution is -2.46. The maximum atomic E-state index is 12.5. The summed E-state index contributed by atoms with van der Waals surface area (Å²) in [4.78, 5) is 23.3. The predicted octanol–water partition coefficient (Wildman–Crippen LogP) is 2.56. The standard InChI is InChI=1S/C20H21NO5S/c1-13-2-8-18(9-3-13)27(25,26)12-14-4-6-15(7-5-14)19(22)21-17-10-16(11-17)20(23)24/h2-9,16-17H,10-12H2,1H3,(H,21,22)(H,23,24). The number of hydrogen-bond acceptors (Lipinski definition) is 4. The molecule has 7 heteroatoms. The van der Waals surface area contributed by atoms with Gasteiger partial charge in [0, 0.05) is 11.6 Å². The van der Waals surface area contributed by atoms with Crippen LogP contribution < -0.4 is 5.32 Å². The number of hydrogen-bond donors (Lipinski definition) is 2.